The van der Waals surface area contributed by atoms with Gasteiger partial charge in [0.25, 0.3) is 0 Å². The quantitative estimate of drug-likeness (QED) is 0.894. The van der Waals surface area contributed by atoms with Crippen molar-refractivity contribution < 1.29 is 19.4 Å². The third kappa shape index (κ3) is 3.09. The van der Waals surface area contributed by atoms with E-state index in [1.54, 1.807) is 12.1 Å². The molecule has 0 amide bonds. The summed E-state index contributed by atoms with van der Waals surface area (Å²) in [4.78, 5) is 11.6. The Morgan fingerprint density at radius 2 is 2.05 bits per heavy atom. The number of nitrogens with one attached hydrogen (secondary N) is 1. The van der Waals surface area contributed by atoms with Crippen LogP contribution < -0.4 is 14.8 Å². The van der Waals surface area contributed by atoms with Gasteiger partial charge in [-0.2, -0.15) is 0 Å². The molecule has 1 aliphatic heterocycles. The highest BCUT2D eigenvalue weighted by molar-refractivity contribution is 6.32. The topological polar surface area (TPSA) is 67.8 Å². The zero-order valence-corrected chi connectivity index (χ0v) is 12.4. The van der Waals surface area contributed by atoms with Crippen LogP contribution in [0.25, 0.3) is 0 Å². The monoisotopic (exact) mass is 311 g/mol. The van der Waals surface area contributed by atoms with E-state index in [4.69, 9.17) is 21.1 Å². The average Bonchev–Trinajstić information content (AvgIpc) is 2.94. The summed E-state index contributed by atoms with van der Waals surface area (Å²) in [6.07, 6.45) is 5.55. The Balaban J connectivity index is 1.83. The second-order valence-corrected chi connectivity index (χ2v) is 5.92. The van der Waals surface area contributed by atoms with Gasteiger partial charge in [-0.3, -0.25) is 10.1 Å². The van der Waals surface area contributed by atoms with Crippen LogP contribution in [0.5, 0.6) is 11.5 Å². The number of halogens is 1. The average molecular weight is 312 g/mol. The normalized spacial score (nSPS) is 19.5. The predicted molar refractivity (Wildman–Crippen MR) is 78.0 cm³/mol. The Morgan fingerprint density at radius 1 is 1.29 bits per heavy atom. The molecule has 1 aliphatic carbocycles. The lowest BCUT2D eigenvalue weighted by molar-refractivity contribution is -0.140. The van der Waals surface area contributed by atoms with Gasteiger partial charge in [0.05, 0.1) is 5.02 Å². The van der Waals surface area contributed by atoms with Gasteiger partial charge >= 0.3 is 5.97 Å². The van der Waals surface area contributed by atoms with Crippen molar-refractivity contribution in [3.63, 3.8) is 0 Å². The van der Waals surface area contributed by atoms with Gasteiger partial charge in [-0.05, 0) is 30.5 Å². The lowest BCUT2D eigenvalue weighted by Gasteiger charge is -2.26. The van der Waals surface area contributed by atoms with Gasteiger partial charge in [0, 0.05) is 6.04 Å². The molecule has 2 N–H and O–H groups in total. The molecule has 1 heterocycles. The van der Waals surface area contributed by atoms with Crippen LogP contribution in [0.4, 0.5) is 0 Å². The molecule has 0 aromatic heterocycles. The van der Waals surface area contributed by atoms with Gasteiger partial charge in [-0.25, -0.2) is 0 Å². The van der Waals surface area contributed by atoms with E-state index in [1.807, 2.05) is 0 Å². The number of aliphatic carboxylic acids is 1. The van der Waals surface area contributed by atoms with Gasteiger partial charge in [0.1, 0.15) is 6.04 Å². The number of hydrogen-bond acceptors (Lipinski definition) is 4. The molecule has 5 nitrogen and oxygen atoms in total. The Labute approximate surface area is 128 Å². The van der Waals surface area contributed by atoms with Gasteiger partial charge in [0.2, 0.25) is 6.79 Å². The van der Waals surface area contributed by atoms with Gasteiger partial charge in [-0.1, -0.05) is 30.9 Å². The molecule has 1 fully saturated rings. The first-order chi connectivity index (χ1) is 10.1. The first kappa shape index (κ1) is 14.5. The van der Waals surface area contributed by atoms with Crippen molar-refractivity contribution in [2.45, 2.75) is 44.2 Å². The zero-order chi connectivity index (χ0) is 14.8. The van der Waals surface area contributed by atoms with E-state index in [0.29, 0.717) is 22.1 Å². The van der Waals surface area contributed by atoms with Crippen molar-refractivity contribution in [1.82, 2.24) is 5.32 Å². The van der Waals surface area contributed by atoms with Gasteiger partial charge in [-0.15, -0.1) is 0 Å². The van der Waals surface area contributed by atoms with E-state index >= 15 is 0 Å². The number of fused-ring (bicyclic) bond motifs is 1. The fraction of sp³-hybridized carbons (Fsp3) is 0.533. The van der Waals surface area contributed by atoms with E-state index < -0.39 is 12.0 Å². The van der Waals surface area contributed by atoms with E-state index in [1.165, 1.54) is 6.42 Å². The molecule has 0 saturated heterocycles. The highest BCUT2D eigenvalue weighted by Gasteiger charge is 2.28. The number of carboxylic acids is 1. The van der Waals surface area contributed by atoms with Crippen molar-refractivity contribution in [2.24, 2.45) is 0 Å². The maximum atomic E-state index is 11.6. The van der Waals surface area contributed by atoms with Crippen LogP contribution in [-0.4, -0.2) is 23.9 Å². The summed E-state index contributed by atoms with van der Waals surface area (Å²) < 4.78 is 10.6. The van der Waals surface area contributed by atoms with Gasteiger partial charge in [0.15, 0.2) is 11.5 Å². The van der Waals surface area contributed by atoms with E-state index in [0.717, 1.165) is 25.7 Å². The number of hydrogen-bond donors (Lipinski definition) is 2. The highest BCUT2D eigenvalue weighted by Crippen LogP contribution is 2.41. The van der Waals surface area contributed by atoms with Crippen molar-refractivity contribution >= 4 is 17.6 Å². The summed E-state index contributed by atoms with van der Waals surface area (Å²) in [6.45, 7) is 0.117. The molecule has 1 saturated carbocycles. The lowest BCUT2D eigenvalue weighted by Crippen LogP contribution is -2.38. The zero-order valence-electron chi connectivity index (χ0n) is 11.6. The van der Waals surface area contributed by atoms with E-state index in [2.05, 4.69) is 5.32 Å². The SMILES string of the molecule is O=C(O)C(NC1CCCCC1)c1cc(Cl)c2c(c1)OCO2. The summed E-state index contributed by atoms with van der Waals surface area (Å²) in [6, 6.07) is 2.80. The molecular formula is C15H18ClNO4. The first-order valence-corrected chi connectivity index (χ1v) is 7.61. The number of carbonyl (C=O) groups is 1. The maximum absolute atomic E-state index is 11.6. The minimum Gasteiger partial charge on any atom is -0.480 e. The van der Waals surface area contributed by atoms with Crippen LogP contribution in [0.2, 0.25) is 5.02 Å². The summed E-state index contributed by atoms with van der Waals surface area (Å²) in [5.74, 6) is 0.0897. The smallest absolute Gasteiger partial charge is 0.325 e. The van der Waals surface area contributed by atoms with E-state index in [-0.39, 0.29) is 12.8 Å². The lowest BCUT2D eigenvalue weighted by atomic mass is 9.94. The Bertz CT molecular complexity index is 543. The van der Waals surface area contributed by atoms with Crippen LogP contribution in [0.15, 0.2) is 12.1 Å². The number of benzene rings is 1. The largest absolute Gasteiger partial charge is 0.480 e. The number of rotatable bonds is 4. The number of ether oxygens (including phenoxy) is 2. The standard InChI is InChI=1S/C15H18ClNO4/c16-11-6-9(7-12-14(11)21-8-20-12)13(15(18)19)17-10-4-2-1-3-5-10/h6-7,10,13,17H,1-5,8H2,(H,18,19). The first-order valence-electron chi connectivity index (χ1n) is 7.23. The minimum atomic E-state index is -0.907. The molecule has 21 heavy (non-hydrogen) atoms. The van der Waals surface area contributed by atoms with Crippen LogP contribution in [0.1, 0.15) is 43.7 Å². The molecule has 0 spiro atoms. The number of carboxylic acid groups (broad SMARTS) is 1. The molecule has 1 atom stereocenters. The molecular weight excluding hydrogens is 294 g/mol. The highest BCUT2D eigenvalue weighted by atomic mass is 35.5. The second-order valence-electron chi connectivity index (χ2n) is 5.51. The third-order valence-electron chi connectivity index (χ3n) is 4.04. The Kier molecular flexibility index (Phi) is 4.22. The molecule has 3 rings (SSSR count). The molecule has 1 aromatic carbocycles. The van der Waals surface area contributed by atoms with Crippen LogP contribution in [0.3, 0.4) is 0 Å². The van der Waals surface area contributed by atoms with Crippen LogP contribution in [-0.2, 0) is 4.79 Å². The van der Waals surface area contributed by atoms with Crippen molar-refractivity contribution in [1.29, 1.82) is 0 Å². The Morgan fingerprint density at radius 3 is 2.76 bits per heavy atom. The van der Waals surface area contributed by atoms with Gasteiger partial charge < -0.3 is 14.6 Å². The predicted octanol–water partition coefficient (Wildman–Crippen LogP) is 3.12. The van der Waals surface area contributed by atoms with E-state index in [9.17, 15) is 9.90 Å². The fourth-order valence-electron chi connectivity index (χ4n) is 2.97. The molecule has 6 heteroatoms. The Hall–Kier alpha value is -1.46. The molecule has 1 unspecified atom stereocenters. The molecule has 0 bridgehead atoms. The van der Waals surface area contributed by atoms with Crippen LogP contribution in [0, 0.1) is 0 Å². The summed E-state index contributed by atoms with van der Waals surface area (Å²) in [5.41, 5.74) is 0.599. The van der Waals surface area contributed by atoms with Crippen molar-refractivity contribution in [3.8, 4) is 11.5 Å². The molecule has 0 radical (unpaired) electrons. The summed E-state index contributed by atoms with van der Waals surface area (Å²) in [7, 11) is 0. The maximum Gasteiger partial charge on any atom is 0.325 e. The molecule has 2 aliphatic rings. The van der Waals surface area contributed by atoms with Crippen LogP contribution >= 0.6 is 11.6 Å². The summed E-state index contributed by atoms with van der Waals surface area (Å²) in [5, 5.41) is 13.1. The third-order valence-corrected chi connectivity index (χ3v) is 4.32. The fourth-order valence-corrected chi connectivity index (χ4v) is 3.24. The second kappa shape index (κ2) is 6.12. The molecule has 114 valence electrons. The minimum absolute atomic E-state index is 0.117. The molecule has 1 aromatic rings. The summed E-state index contributed by atoms with van der Waals surface area (Å²) >= 11 is 6.14. The van der Waals surface area contributed by atoms with Crippen molar-refractivity contribution in [3.05, 3.63) is 22.7 Å². The van der Waals surface area contributed by atoms with Crippen molar-refractivity contribution in [2.75, 3.05) is 6.79 Å².